The predicted molar refractivity (Wildman–Crippen MR) is 129 cm³/mol. The van der Waals surface area contributed by atoms with Gasteiger partial charge in [-0.1, -0.05) is 72.8 Å². The van der Waals surface area contributed by atoms with Crippen molar-refractivity contribution >= 4 is 40.9 Å². The molecule has 5 heteroatoms. The van der Waals surface area contributed by atoms with Gasteiger partial charge in [0.05, 0.1) is 11.6 Å². The van der Waals surface area contributed by atoms with Gasteiger partial charge in [0.1, 0.15) is 0 Å². The van der Waals surface area contributed by atoms with E-state index in [-0.39, 0.29) is 24.4 Å². The number of piperazine rings is 1. The molecule has 0 atom stereocenters. The first-order chi connectivity index (χ1) is 13.7. The maximum Gasteiger partial charge on any atom is 0.255 e. The van der Waals surface area contributed by atoms with Gasteiger partial charge < -0.3 is 4.90 Å². The van der Waals surface area contributed by atoms with Crippen LogP contribution in [0.1, 0.15) is 27.5 Å². The summed E-state index contributed by atoms with van der Waals surface area (Å²) in [7, 11) is 0. The maximum atomic E-state index is 12.9. The summed E-state index contributed by atoms with van der Waals surface area (Å²) in [5, 5.41) is 0. The predicted octanol–water partition coefficient (Wildman–Crippen LogP) is 5.26. The van der Waals surface area contributed by atoms with E-state index in [1.807, 2.05) is 29.2 Å². The Morgan fingerprint density at radius 1 is 0.724 bits per heavy atom. The Morgan fingerprint density at radius 3 is 1.72 bits per heavy atom. The normalized spacial score (nSPS) is 14.5. The average molecular weight is 519 g/mol. The first kappa shape index (κ1) is 21.8. The van der Waals surface area contributed by atoms with E-state index in [2.05, 4.69) is 88.2 Å². The van der Waals surface area contributed by atoms with Crippen molar-refractivity contribution in [2.45, 2.75) is 6.04 Å². The number of hydrogen-bond donors (Lipinski definition) is 0. The molecule has 0 radical (unpaired) electrons. The molecule has 0 unspecified atom stereocenters. The minimum absolute atomic E-state index is 0. The largest absolute Gasteiger partial charge is 0.336 e. The second-order valence-electron chi connectivity index (χ2n) is 7.03. The number of halogens is 2. The summed E-state index contributed by atoms with van der Waals surface area (Å²) in [5.41, 5.74) is 3.40. The Bertz CT molecular complexity index is 888. The van der Waals surface area contributed by atoms with E-state index >= 15 is 0 Å². The van der Waals surface area contributed by atoms with Crippen LogP contribution in [0.15, 0.2) is 84.9 Å². The molecule has 1 heterocycles. The molecule has 1 saturated heterocycles. The summed E-state index contributed by atoms with van der Waals surface area (Å²) in [6, 6.07) is 29.3. The minimum atomic E-state index is 0. The second kappa shape index (κ2) is 10.2. The molecule has 1 aliphatic rings. The smallest absolute Gasteiger partial charge is 0.255 e. The number of benzene rings is 3. The molecule has 3 nitrogen and oxygen atoms in total. The van der Waals surface area contributed by atoms with E-state index < -0.39 is 0 Å². The van der Waals surface area contributed by atoms with E-state index in [0.29, 0.717) is 0 Å². The molecule has 150 valence electrons. The van der Waals surface area contributed by atoms with Crippen molar-refractivity contribution in [3.63, 3.8) is 0 Å². The van der Waals surface area contributed by atoms with Gasteiger partial charge in [0.25, 0.3) is 5.91 Å². The molecule has 3 aromatic rings. The standard InChI is InChI=1S/C24H23IN2O.ClH/c25-22-14-8-7-13-21(22)24(28)27-17-15-26(16-18-27)23(19-9-3-1-4-10-19)20-11-5-2-6-12-20;/h1-14,23H,15-18H2;1H. The molecule has 3 aromatic carbocycles. The molecule has 0 saturated carbocycles. The Balaban J connectivity index is 0.00000240. The maximum absolute atomic E-state index is 12.9. The lowest BCUT2D eigenvalue weighted by atomic mass is 9.96. The number of carbonyl (C=O) groups is 1. The third-order valence-corrected chi connectivity index (χ3v) is 6.24. The Labute approximate surface area is 192 Å². The van der Waals surface area contributed by atoms with Gasteiger partial charge in [-0.2, -0.15) is 0 Å². The summed E-state index contributed by atoms with van der Waals surface area (Å²) in [5.74, 6) is 0.139. The van der Waals surface area contributed by atoms with Gasteiger partial charge in [-0.3, -0.25) is 9.69 Å². The highest BCUT2D eigenvalue weighted by molar-refractivity contribution is 14.1. The van der Waals surface area contributed by atoms with Crippen LogP contribution in [0.5, 0.6) is 0 Å². The zero-order valence-electron chi connectivity index (χ0n) is 16.1. The second-order valence-corrected chi connectivity index (χ2v) is 8.19. The zero-order valence-corrected chi connectivity index (χ0v) is 19.1. The fourth-order valence-electron chi connectivity index (χ4n) is 3.87. The van der Waals surface area contributed by atoms with Crippen molar-refractivity contribution in [3.05, 3.63) is 105 Å². The van der Waals surface area contributed by atoms with E-state index in [1.165, 1.54) is 11.1 Å². The van der Waals surface area contributed by atoms with E-state index in [1.54, 1.807) is 0 Å². The molecule has 0 N–H and O–H groups in total. The molecule has 0 spiro atoms. The van der Waals surface area contributed by atoms with E-state index in [9.17, 15) is 4.79 Å². The molecule has 0 aromatic heterocycles. The van der Waals surface area contributed by atoms with Crippen molar-refractivity contribution in [3.8, 4) is 0 Å². The van der Waals surface area contributed by atoms with Crippen LogP contribution in [-0.4, -0.2) is 41.9 Å². The van der Waals surface area contributed by atoms with Crippen molar-refractivity contribution in [2.24, 2.45) is 0 Å². The fourth-order valence-corrected chi connectivity index (χ4v) is 4.49. The topological polar surface area (TPSA) is 23.6 Å². The molecule has 0 bridgehead atoms. The van der Waals surface area contributed by atoms with Crippen LogP contribution >= 0.6 is 35.0 Å². The summed E-state index contributed by atoms with van der Waals surface area (Å²) >= 11 is 2.24. The lowest BCUT2D eigenvalue weighted by Crippen LogP contribution is -2.50. The van der Waals surface area contributed by atoms with Gasteiger partial charge in [0, 0.05) is 29.7 Å². The molecule has 1 fully saturated rings. The number of rotatable bonds is 4. The van der Waals surface area contributed by atoms with Crippen molar-refractivity contribution in [1.82, 2.24) is 9.80 Å². The lowest BCUT2D eigenvalue weighted by Gasteiger charge is -2.40. The molecular weight excluding hydrogens is 495 g/mol. The minimum Gasteiger partial charge on any atom is -0.336 e. The Morgan fingerprint density at radius 2 is 1.21 bits per heavy atom. The van der Waals surface area contributed by atoms with Crippen LogP contribution in [0, 0.1) is 3.57 Å². The average Bonchev–Trinajstić information content (AvgIpc) is 2.76. The van der Waals surface area contributed by atoms with Gasteiger partial charge in [-0.05, 0) is 45.9 Å². The highest BCUT2D eigenvalue weighted by Crippen LogP contribution is 2.29. The molecule has 29 heavy (non-hydrogen) atoms. The van der Waals surface area contributed by atoms with Crippen LogP contribution in [0.4, 0.5) is 0 Å². The Hall–Kier alpha value is -1.89. The van der Waals surface area contributed by atoms with Crippen LogP contribution in [-0.2, 0) is 0 Å². The van der Waals surface area contributed by atoms with Gasteiger partial charge in [-0.25, -0.2) is 0 Å². The van der Waals surface area contributed by atoms with Gasteiger partial charge in [0.2, 0.25) is 0 Å². The number of hydrogen-bond acceptors (Lipinski definition) is 2. The van der Waals surface area contributed by atoms with Crippen molar-refractivity contribution in [1.29, 1.82) is 0 Å². The summed E-state index contributed by atoms with van der Waals surface area (Å²) < 4.78 is 1.01. The number of nitrogens with zero attached hydrogens (tertiary/aromatic N) is 2. The number of amides is 1. The monoisotopic (exact) mass is 518 g/mol. The van der Waals surface area contributed by atoms with Crippen molar-refractivity contribution < 1.29 is 4.79 Å². The van der Waals surface area contributed by atoms with Crippen LogP contribution in [0.2, 0.25) is 0 Å². The summed E-state index contributed by atoms with van der Waals surface area (Å²) in [6.45, 7) is 3.23. The highest BCUT2D eigenvalue weighted by Gasteiger charge is 2.28. The molecular formula is C24H24ClIN2O. The van der Waals surface area contributed by atoms with Crippen molar-refractivity contribution in [2.75, 3.05) is 26.2 Å². The SMILES string of the molecule is Cl.O=C(c1ccccc1I)N1CCN(C(c2ccccc2)c2ccccc2)CC1. The molecule has 1 amide bonds. The first-order valence-corrected chi connectivity index (χ1v) is 10.7. The zero-order chi connectivity index (χ0) is 19.3. The van der Waals surface area contributed by atoms with Crippen LogP contribution in [0.25, 0.3) is 0 Å². The van der Waals surface area contributed by atoms with Gasteiger partial charge in [0.15, 0.2) is 0 Å². The quantitative estimate of drug-likeness (QED) is 0.440. The fraction of sp³-hybridized carbons (Fsp3) is 0.208. The lowest BCUT2D eigenvalue weighted by molar-refractivity contribution is 0.0596. The first-order valence-electron chi connectivity index (χ1n) is 9.62. The van der Waals surface area contributed by atoms with Gasteiger partial charge >= 0.3 is 0 Å². The third kappa shape index (κ3) is 5.00. The van der Waals surface area contributed by atoms with E-state index in [4.69, 9.17) is 0 Å². The summed E-state index contributed by atoms with van der Waals surface area (Å²) in [6.07, 6.45) is 0. The summed E-state index contributed by atoms with van der Waals surface area (Å²) in [4.78, 5) is 17.4. The third-order valence-electron chi connectivity index (χ3n) is 5.30. The van der Waals surface area contributed by atoms with Gasteiger partial charge in [-0.15, -0.1) is 12.4 Å². The molecule has 4 rings (SSSR count). The van der Waals surface area contributed by atoms with Crippen LogP contribution in [0.3, 0.4) is 0 Å². The van der Waals surface area contributed by atoms with E-state index in [0.717, 1.165) is 35.3 Å². The number of carbonyl (C=O) groups excluding carboxylic acids is 1. The molecule has 1 aliphatic heterocycles. The molecule has 0 aliphatic carbocycles. The Kier molecular flexibility index (Phi) is 7.70. The van der Waals surface area contributed by atoms with Crippen LogP contribution < -0.4 is 0 Å². The highest BCUT2D eigenvalue weighted by atomic mass is 127.